The summed E-state index contributed by atoms with van der Waals surface area (Å²) in [5.41, 5.74) is 5.79. The zero-order valence-corrected chi connectivity index (χ0v) is 11.9. The number of aromatic nitrogens is 2. The molecular weight excluding hydrogens is 258 g/mol. The Morgan fingerprint density at radius 2 is 2.10 bits per heavy atom. The van der Waals surface area contributed by atoms with Crippen molar-refractivity contribution < 1.29 is 4.92 Å². The van der Waals surface area contributed by atoms with E-state index in [9.17, 15) is 10.1 Å². The van der Waals surface area contributed by atoms with E-state index in [0.717, 1.165) is 6.42 Å². The topological polar surface area (TPSA) is 107 Å². The predicted molar refractivity (Wildman–Crippen MR) is 77.4 cm³/mol. The molecule has 1 aliphatic carbocycles. The van der Waals surface area contributed by atoms with Crippen molar-refractivity contribution in [2.45, 2.75) is 39.5 Å². The highest BCUT2D eigenvalue weighted by Gasteiger charge is 2.25. The lowest BCUT2D eigenvalue weighted by atomic mass is 9.80. The summed E-state index contributed by atoms with van der Waals surface area (Å²) < 4.78 is 0. The summed E-state index contributed by atoms with van der Waals surface area (Å²) in [6.45, 7) is 4.50. The van der Waals surface area contributed by atoms with Crippen molar-refractivity contribution in [3.8, 4) is 0 Å². The van der Waals surface area contributed by atoms with E-state index in [0.29, 0.717) is 24.1 Å². The van der Waals surface area contributed by atoms with Gasteiger partial charge in [0, 0.05) is 6.54 Å². The number of nitrogens with two attached hydrogens (primary N) is 1. The molecule has 1 heterocycles. The Labute approximate surface area is 118 Å². The molecule has 0 aliphatic heterocycles. The lowest BCUT2D eigenvalue weighted by molar-refractivity contribution is -0.385. The third-order valence-corrected chi connectivity index (χ3v) is 4.08. The summed E-state index contributed by atoms with van der Waals surface area (Å²) >= 11 is 0. The smallest absolute Gasteiger partial charge is 0.332 e. The van der Waals surface area contributed by atoms with E-state index in [1.54, 1.807) is 6.92 Å². The summed E-state index contributed by atoms with van der Waals surface area (Å²) in [5, 5.41) is 14.2. The van der Waals surface area contributed by atoms with E-state index in [2.05, 4.69) is 22.2 Å². The molecule has 20 heavy (non-hydrogen) atoms. The number of hydrogen-bond acceptors (Lipinski definition) is 6. The van der Waals surface area contributed by atoms with Crippen LogP contribution in [-0.4, -0.2) is 21.4 Å². The maximum atomic E-state index is 11.1. The van der Waals surface area contributed by atoms with Gasteiger partial charge in [0.2, 0.25) is 11.8 Å². The number of nitrogens with zero attached hydrogens (tertiary/aromatic N) is 3. The fourth-order valence-electron chi connectivity index (χ4n) is 2.85. The van der Waals surface area contributed by atoms with Crippen molar-refractivity contribution in [1.82, 2.24) is 9.97 Å². The van der Waals surface area contributed by atoms with E-state index in [1.807, 2.05) is 0 Å². The Morgan fingerprint density at radius 1 is 1.40 bits per heavy atom. The molecule has 2 rings (SSSR count). The van der Waals surface area contributed by atoms with Crippen LogP contribution in [0.1, 0.15) is 38.3 Å². The van der Waals surface area contributed by atoms with E-state index >= 15 is 0 Å². The van der Waals surface area contributed by atoms with Crippen LogP contribution < -0.4 is 11.1 Å². The Kier molecular flexibility index (Phi) is 4.36. The Morgan fingerprint density at radius 3 is 2.75 bits per heavy atom. The number of nitro groups is 1. The summed E-state index contributed by atoms with van der Waals surface area (Å²) in [6.07, 6.45) is 4.88. The van der Waals surface area contributed by atoms with Crippen molar-refractivity contribution in [2.24, 2.45) is 11.8 Å². The van der Waals surface area contributed by atoms with Gasteiger partial charge in [0.25, 0.3) is 0 Å². The van der Waals surface area contributed by atoms with Gasteiger partial charge in [0.1, 0.15) is 5.69 Å². The fraction of sp³-hybridized carbons (Fsp3) is 0.692. The maximum Gasteiger partial charge on any atom is 0.332 e. The SMILES string of the molecule is Cc1nc(N)nc(NCC2CCCCC2C)c1[N+](=O)[O-]. The van der Waals surface area contributed by atoms with Gasteiger partial charge in [-0.25, -0.2) is 4.98 Å². The molecule has 3 N–H and O–H groups in total. The van der Waals surface area contributed by atoms with Gasteiger partial charge in [-0.1, -0.05) is 26.2 Å². The minimum Gasteiger partial charge on any atom is -0.368 e. The summed E-state index contributed by atoms with van der Waals surface area (Å²) in [5.74, 6) is 1.46. The molecule has 2 atom stereocenters. The number of rotatable bonds is 4. The molecule has 0 amide bonds. The van der Waals surface area contributed by atoms with Crippen molar-refractivity contribution in [1.29, 1.82) is 0 Å². The molecule has 1 aliphatic rings. The molecule has 7 nitrogen and oxygen atoms in total. The molecular formula is C13H21N5O2. The molecule has 110 valence electrons. The van der Waals surface area contributed by atoms with Gasteiger partial charge in [0.15, 0.2) is 0 Å². The highest BCUT2D eigenvalue weighted by molar-refractivity contribution is 5.60. The predicted octanol–water partition coefficient (Wildman–Crippen LogP) is 2.51. The van der Waals surface area contributed by atoms with Crippen molar-refractivity contribution in [3.63, 3.8) is 0 Å². The molecule has 1 aromatic rings. The number of anilines is 2. The molecule has 0 spiro atoms. The van der Waals surface area contributed by atoms with Crippen LogP contribution in [0, 0.1) is 28.9 Å². The van der Waals surface area contributed by atoms with Gasteiger partial charge >= 0.3 is 5.69 Å². The van der Waals surface area contributed by atoms with Crippen LogP contribution in [0.5, 0.6) is 0 Å². The molecule has 0 aromatic carbocycles. The van der Waals surface area contributed by atoms with Gasteiger partial charge in [0.05, 0.1) is 4.92 Å². The van der Waals surface area contributed by atoms with Crippen LogP contribution in [0.15, 0.2) is 0 Å². The number of aryl methyl sites for hydroxylation is 1. The summed E-state index contributed by atoms with van der Waals surface area (Å²) in [6, 6.07) is 0. The highest BCUT2D eigenvalue weighted by atomic mass is 16.6. The van der Waals surface area contributed by atoms with Crippen molar-refractivity contribution in [2.75, 3.05) is 17.6 Å². The first-order valence-electron chi connectivity index (χ1n) is 7.01. The quantitative estimate of drug-likeness (QED) is 0.647. The van der Waals surface area contributed by atoms with Gasteiger partial charge in [-0.15, -0.1) is 0 Å². The van der Waals surface area contributed by atoms with Crippen LogP contribution in [0.2, 0.25) is 0 Å². The van der Waals surface area contributed by atoms with Gasteiger partial charge in [-0.05, 0) is 25.2 Å². The monoisotopic (exact) mass is 279 g/mol. The first kappa shape index (κ1) is 14.5. The second-order valence-corrected chi connectivity index (χ2v) is 5.52. The molecule has 0 saturated heterocycles. The molecule has 7 heteroatoms. The number of hydrogen-bond donors (Lipinski definition) is 2. The summed E-state index contributed by atoms with van der Waals surface area (Å²) in [7, 11) is 0. The van der Waals surface area contributed by atoms with Crippen LogP contribution in [0.3, 0.4) is 0 Å². The Balaban J connectivity index is 2.14. The third kappa shape index (κ3) is 3.15. The van der Waals surface area contributed by atoms with E-state index in [-0.39, 0.29) is 17.5 Å². The van der Waals surface area contributed by atoms with Crippen LogP contribution >= 0.6 is 0 Å². The first-order chi connectivity index (χ1) is 9.49. The van der Waals surface area contributed by atoms with E-state index in [4.69, 9.17) is 5.73 Å². The molecule has 0 bridgehead atoms. The number of nitrogens with one attached hydrogen (secondary N) is 1. The Bertz CT molecular complexity index is 506. The maximum absolute atomic E-state index is 11.1. The van der Waals surface area contributed by atoms with Crippen molar-refractivity contribution in [3.05, 3.63) is 15.8 Å². The standard InChI is InChI=1S/C13H21N5O2/c1-8-5-3-4-6-10(8)7-15-12-11(18(19)20)9(2)16-13(14)17-12/h8,10H,3-7H2,1-2H3,(H3,14,15,16,17). The average molecular weight is 279 g/mol. The van der Waals surface area contributed by atoms with Crippen LogP contribution in [-0.2, 0) is 0 Å². The normalized spacial score (nSPS) is 22.5. The Hall–Kier alpha value is -1.92. The van der Waals surface area contributed by atoms with Gasteiger partial charge in [-0.3, -0.25) is 10.1 Å². The van der Waals surface area contributed by atoms with Crippen LogP contribution in [0.4, 0.5) is 17.5 Å². The van der Waals surface area contributed by atoms with E-state index < -0.39 is 4.92 Å². The minimum absolute atomic E-state index is 0.0623. The van der Waals surface area contributed by atoms with Gasteiger partial charge < -0.3 is 11.1 Å². The second kappa shape index (κ2) is 6.02. The lowest BCUT2D eigenvalue weighted by Gasteiger charge is -2.28. The van der Waals surface area contributed by atoms with Crippen molar-refractivity contribution >= 4 is 17.5 Å². The lowest BCUT2D eigenvalue weighted by Crippen LogP contribution is -2.25. The molecule has 0 radical (unpaired) electrons. The van der Waals surface area contributed by atoms with E-state index in [1.165, 1.54) is 19.3 Å². The molecule has 2 unspecified atom stereocenters. The number of nitrogen functional groups attached to an aromatic ring is 1. The summed E-state index contributed by atoms with van der Waals surface area (Å²) in [4.78, 5) is 18.5. The zero-order chi connectivity index (χ0) is 14.7. The second-order valence-electron chi connectivity index (χ2n) is 5.52. The minimum atomic E-state index is -0.457. The van der Waals surface area contributed by atoms with Gasteiger partial charge in [-0.2, -0.15) is 4.98 Å². The largest absolute Gasteiger partial charge is 0.368 e. The molecule has 1 fully saturated rings. The molecule has 1 aromatic heterocycles. The average Bonchev–Trinajstić information content (AvgIpc) is 2.36. The van der Waals surface area contributed by atoms with Crippen LogP contribution in [0.25, 0.3) is 0 Å². The first-order valence-corrected chi connectivity index (χ1v) is 7.01. The zero-order valence-electron chi connectivity index (χ0n) is 11.9. The fourth-order valence-corrected chi connectivity index (χ4v) is 2.85. The third-order valence-electron chi connectivity index (χ3n) is 4.08. The highest BCUT2D eigenvalue weighted by Crippen LogP contribution is 2.31. The molecule has 1 saturated carbocycles.